The van der Waals surface area contributed by atoms with Crippen molar-refractivity contribution in [2.24, 2.45) is 5.92 Å². The first-order valence-electron chi connectivity index (χ1n) is 8.18. The SMILES string of the molecule is CC[C@@H](CNC(=O)N1CCC[C@H](CO)C1)Oc1cccc(F)c1. The van der Waals surface area contributed by atoms with E-state index < -0.39 is 0 Å². The minimum atomic E-state index is -0.343. The first kappa shape index (κ1) is 17.5. The van der Waals surface area contributed by atoms with E-state index in [-0.39, 0.29) is 30.5 Å². The second kappa shape index (κ2) is 8.72. The summed E-state index contributed by atoms with van der Waals surface area (Å²) in [6.07, 6.45) is 2.37. The molecule has 128 valence electrons. The molecule has 1 aliphatic rings. The number of nitrogens with one attached hydrogen (secondary N) is 1. The van der Waals surface area contributed by atoms with Crippen LogP contribution in [-0.2, 0) is 0 Å². The van der Waals surface area contributed by atoms with E-state index in [9.17, 15) is 14.3 Å². The first-order valence-corrected chi connectivity index (χ1v) is 8.18. The van der Waals surface area contributed by atoms with Crippen LogP contribution in [-0.4, -0.2) is 48.4 Å². The fraction of sp³-hybridized carbons (Fsp3) is 0.588. The standard InChI is InChI=1S/C17H25FN2O3/c1-2-15(23-16-7-3-6-14(18)9-16)10-19-17(22)20-8-4-5-13(11-20)12-21/h3,6-7,9,13,15,21H,2,4-5,8,10-12H2,1H3,(H,19,22)/t13-,15-/m0/s1. The lowest BCUT2D eigenvalue weighted by Gasteiger charge is -2.32. The second-order valence-corrected chi connectivity index (χ2v) is 5.93. The van der Waals surface area contributed by atoms with Gasteiger partial charge in [-0.15, -0.1) is 0 Å². The highest BCUT2D eigenvalue weighted by molar-refractivity contribution is 5.74. The van der Waals surface area contributed by atoms with Gasteiger partial charge in [0.05, 0.1) is 6.54 Å². The third-order valence-corrected chi connectivity index (χ3v) is 4.10. The van der Waals surface area contributed by atoms with E-state index in [1.165, 1.54) is 12.1 Å². The molecule has 6 heteroatoms. The molecule has 0 bridgehead atoms. The Morgan fingerprint density at radius 1 is 1.57 bits per heavy atom. The zero-order chi connectivity index (χ0) is 16.7. The number of aliphatic hydroxyl groups excluding tert-OH is 1. The topological polar surface area (TPSA) is 61.8 Å². The number of urea groups is 1. The molecule has 2 N–H and O–H groups in total. The lowest BCUT2D eigenvalue weighted by molar-refractivity contribution is 0.125. The lowest BCUT2D eigenvalue weighted by Crippen LogP contribution is -2.48. The molecule has 23 heavy (non-hydrogen) atoms. The molecule has 0 aromatic heterocycles. The van der Waals surface area contributed by atoms with Crippen LogP contribution in [0.5, 0.6) is 5.75 Å². The fourth-order valence-corrected chi connectivity index (χ4v) is 2.71. The summed E-state index contributed by atoms with van der Waals surface area (Å²) in [4.78, 5) is 13.9. The van der Waals surface area contributed by atoms with Gasteiger partial charge in [0.25, 0.3) is 0 Å². The van der Waals surface area contributed by atoms with Gasteiger partial charge in [-0.2, -0.15) is 0 Å². The quantitative estimate of drug-likeness (QED) is 0.845. The molecular formula is C17H25FN2O3. The third-order valence-electron chi connectivity index (χ3n) is 4.10. The summed E-state index contributed by atoms with van der Waals surface area (Å²) in [6.45, 7) is 3.74. The van der Waals surface area contributed by atoms with Gasteiger partial charge in [-0.25, -0.2) is 9.18 Å². The first-order chi connectivity index (χ1) is 11.1. The number of hydrogen-bond acceptors (Lipinski definition) is 3. The van der Waals surface area contributed by atoms with Gasteiger partial charge in [0.2, 0.25) is 0 Å². The van der Waals surface area contributed by atoms with Crippen LogP contribution < -0.4 is 10.1 Å². The molecule has 2 amide bonds. The van der Waals surface area contributed by atoms with Crippen molar-refractivity contribution in [1.82, 2.24) is 10.2 Å². The number of nitrogens with zero attached hydrogens (tertiary/aromatic N) is 1. The largest absolute Gasteiger partial charge is 0.489 e. The molecule has 1 fully saturated rings. The number of ether oxygens (including phenoxy) is 1. The van der Waals surface area contributed by atoms with E-state index in [0.717, 1.165) is 12.8 Å². The van der Waals surface area contributed by atoms with Gasteiger partial charge in [0, 0.05) is 25.8 Å². The number of amides is 2. The average Bonchev–Trinajstić information content (AvgIpc) is 2.58. The van der Waals surface area contributed by atoms with Crippen molar-refractivity contribution in [3.05, 3.63) is 30.1 Å². The van der Waals surface area contributed by atoms with E-state index in [1.807, 2.05) is 6.92 Å². The average molecular weight is 324 g/mol. The van der Waals surface area contributed by atoms with Crippen molar-refractivity contribution in [1.29, 1.82) is 0 Å². The lowest BCUT2D eigenvalue weighted by atomic mass is 9.99. The van der Waals surface area contributed by atoms with Crippen LogP contribution in [0.15, 0.2) is 24.3 Å². The number of aliphatic hydroxyl groups is 1. The van der Waals surface area contributed by atoms with E-state index in [0.29, 0.717) is 31.8 Å². The highest BCUT2D eigenvalue weighted by atomic mass is 19.1. The molecule has 0 unspecified atom stereocenters. The van der Waals surface area contributed by atoms with Crippen molar-refractivity contribution in [2.45, 2.75) is 32.3 Å². The minimum Gasteiger partial charge on any atom is -0.489 e. The van der Waals surface area contributed by atoms with Gasteiger partial charge in [0.1, 0.15) is 17.7 Å². The number of benzene rings is 1. The number of likely N-dealkylation sites (tertiary alicyclic amines) is 1. The summed E-state index contributed by atoms with van der Waals surface area (Å²) in [5, 5.41) is 12.1. The Hall–Kier alpha value is -1.82. The molecule has 5 nitrogen and oxygen atoms in total. The summed E-state index contributed by atoms with van der Waals surface area (Å²) in [6, 6.07) is 5.86. The molecule has 1 heterocycles. The van der Waals surface area contributed by atoms with Gasteiger partial charge >= 0.3 is 6.03 Å². The Bertz CT molecular complexity index is 512. The molecule has 0 aliphatic carbocycles. The number of rotatable bonds is 6. The van der Waals surface area contributed by atoms with Crippen LogP contribution in [0.1, 0.15) is 26.2 Å². The van der Waals surface area contributed by atoms with Crippen LogP contribution in [0, 0.1) is 11.7 Å². The Morgan fingerprint density at radius 3 is 3.09 bits per heavy atom. The molecular weight excluding hydrogens is 299 g/mol. The van der Waals surface area contributed by atoms with Crippen molar-refractivity contribution in [2.75, 3.05) is 26.2 Å². The number of carbonyl (C=O) groups excluding carboxylic acids is 1. The third kappa shape index (κ3) is 5.39. The van der Waals surface area contributed by atoms with E-state index in [2.05, 4.69) is 5.32 Å². The second-order valence-electron chi connectivity index (χ2n) is 5.93. The Balaban J connectivity index is 1.81. The Kier molecular flexibility index (Phi) is 6.65. The van der Waals surface area contributed by atoms with Crippen molar-refractivity contribution in [3.8, 4) is 5.75 Å². The summed E-state index contributed by atoms with van der Waals surface area (Å²) < 4.78 is 18.9. The minimum absolute atomic E-state index is 0.115. The maximum Gasteiger partial charge on any atom is 0.317 e. The molecule has 0 spiro atoms. The maximum atomic E-state index is 13.2. The number of hydrogen-bond donors (Lipinski definition) is 2. The maximum absolute atomic E-state index is 13.2. The molecule has 1 aromatic rings. The van der Waals surface area contributed by atoms with Crippen molar-refractivity contribution >= 4 is 6.03 Å². The number of halogens is 1. The predicted octanol–water partition coefficient (Wildman–Crippen LogP) is 2.40. The predicted molar refractivity (Wildman–Crippen MR) is 85.9 cm³/mol. The van der Waals surface area contributed by atoms with E-state index >= 15 is 0 Å². The molecule has 1 saturated heterocycles. The van der Waals surface area contributed by atoms with Crippen LogP contribution in [0.2, 0.25) is 0 Å². The monoisotopic (exact) mass is 324 g/mol. The fourth-order valence-electron chi connectivity index (χ4n) is 2.71. The van der Waals surface area contributed by atoms with Crippen LogP contribution in [0.3, 0.4) is 0 Å². The van der Waals surface area contributed by atoms with E-state index in [1.54, 1.807) is 17.0 Å². The zero-order valence-corrected chi connectivity index (χ0v) is 13.5. The normalized spacial score (nSPS) is 19.3. The van der Waals surface area contributed by atoms with Gasteiger partial charge < -0.3 is 20.1 Å². The van der Waals surface area contributed by atoms with Crippen molar-refractivity contribution < 1.29 is 19.0 Å². The summed E-state index contributed by atoms with van der Waals surface area (Å²) in [5.74, 6) is 0.286. The van der Waals surface area contributed by atoms with Gasteiger partial charge in [-0.05, 0) is 37.3 Å². The zero-order valence-electron chi connectivity index (χ0n) is 13.5. The number of piperidine rings is 1. The molecule has 2 atom stereocenters. The highest BCUT2D eigenvalue weighted by Gasteiger charge is 2.23. The summed E-state index contributed by atoms with van der Waals surface area (Å²) in [7, 11) is 0. The molecule has 0 radical (unpaired) electrons. The molecule has 1 aromatic carbocycles. The highest BCUT2D eigenvalue weighted by Crippen LogP contribution is 2.16. The van der Waals surface area contributed by atoms with Crippen LogP contribution >= 0.6 is 0 Å². The van der Waals surface area contributed by atoms with Gasteiger partial charge in [0.15, 0.2) is 0 Å². The Labute approximate surface area is 136 Å². The Morgan fingerprint density at radius 2 is 2.39 bits per heavy atom. The van der Waals surface area contributed by atoms with Gasteiger partial charge in [-0.1, -0.05) is 13.0 Å². The van der Waals surface area contributed by atoms with Gasteiger partial charge in [-0.3, -0.25) is 0 Å². The number of carbonyl (C=O) groups is 1. The van der Waals surface area contributed by atoms with Crippen LogP contribution in [0.25, 0.3) is 0 Å². The summed E-state index contributed by atoms with van der Waals surface area (Å²) >= 11 is 0. The summed E-state index contributed by atoms with van der Waals surface area (Å²) in [5.41, 5.74) is 0. The van der Waals surface area contributed by atoms with E-state index in [4.69, 9.17) is 4.74 Å². The molecule has 2 rings (SSSR count). The van der Waals surface area contributed by atoms with Crippen molar-refractivity contribution in [3.63, 3.8) is 0 Å². The molecule has 0 saturated carbocycles. The molecule has 1 aliphatic heterocycles. The van der Waals surface area contributed by atoms with Crippen LogP contribution in [0.4, 0.5) is 9.18 Å². The smallest absolute Gasteiger partial charge is 0.317 e.